The number of thiazole rings is 1. The first-order valence-corrected chi connectivity index (χ1v) is 12.3. The minimum Gasteiger partial charge on any atom is -0.508 e. The van der Waals surface area contributed by atoms with E-state index in [-0.39, 0.29) is 64.3 Å². The van der Waals surface area contributed by atoms with Crippen molar-refractivity contribution in [2.24, 2.45) is 29.6 Å². The molecule has 0 unspecified atom stereocenters. The van der Waals surface area contributed by atoms with Gasteiger partial charge in [-0.1, -0.05) is 29.5 Å². The highest BCUT2D eigenvalue weighted by atomic mass is 32.2. The molecule has 6 rings (SSSR count). The van der Waals surface area contributed by atoms with Crippen LogP contribution in [0.2, 0.25) is 0 Å². The number of phenolic OH excluding ortho intramolecular Hbond substituents is 1. The number of carboxylic acid groups (broad SMARTS) is 1. The summed E-state index contributed by atoms with van der Waals surface area (Å²) in [5, 5.41) is 20.5. The van der Waals surface area contributed by atoms with Crippen LogP contribution in [0.25, 0.3) is 0 Å². The molecule has 0 spiro atoms. The van der Waals surface area contributed by atoms with Crippen molar-refractivity contribution >= 4 is 40.9 Å². The first-order valence-electron chi connectivity index (χ1n) is 10.6. The number of nitrogens with zero attached hydrogens (tertiary/aromatic N) is 1. The van der Waals surface area contributed by atoms with Gasteiger partial charge >= 0.3 is 10.8 Å². The lowest BCUT2D eigenvalue weighted by molar-refractivity contribution is -0.142. The number of carbonyl (C=O) groups excluding carboxylic acids is 2. The first-order chi connectivity index (χ1) is 15.4. The topological polar surface area (TPSA) is 128 Å². The maximum absolute atomic E-state index is 13.2. The van der Waals surface area contributed by atoms with Gasteiger partial charge in [0, 0.05) is 28.2 Å². The SMILES string of the molecule is O=C(O)CCN1C(=O)[C@@H]2[C@H]3C[C@@H]([C@@H]2C1=O)[C@@H]1[C@@H](c2ccccc2O)c2sc(=O)[nH]c2S[C@H]31. The number of aliphatic carboxylic acids is 1. The highest BCUT2D eigenvalue weighted by molar-refractivity contribution is 8.00. The van der Waals surface area contributed by atoms with Crippen LogP contribution in [0.1, 0.15) is 29.2 Å². The van der Waals surface area contributed by atoms with E-state index in [4.69, 9.17) is 5.11 Å². The highest BCUT2D eigenvalue weighted by Gasteiger charge is 2.69. The Morgan fingerprint density at radius 3 is 2.56 bits per heavy atom. The summed E-state index contributed by atoms with van der Waals surface area (Å²) in [5.41, 5.74) is 0.739. The van der Waals surface area contributed by atoms with Gasteiger partial charge in [0.25, 0.3) is 0 Å². The van der Waals surface area contributed by atoms with Gasteiger partial charge in [-0.05, 0) is 30.2 Å². The molecule has 1 aromatic heterocycles. The van der Waals surface area contributed by atoms with Crippen molar-refractivity contribution in [2.75, 3.05) is 6.54 Å². The number of carbonyl (C=O) groups is 3. The largest absolute Gasteiger partial charge is 0.508 e. The number of likely N-dealkylation sites (tertiary alicyclic amines) is 1. The van der Waals surface area contributed by atoms with Gasteiger partial charge in [-0.25, -0.2) is 0 Å². The van der Waals surface area contributed by atoms with E-state index in [1.165, 1.54) is 0 Å². The molecule has 166 valence electrons. The zero-order valence-corrected chi connectivity index (χ0v) is 18.4. The number of nitrogens with one attached hydrogen (secondary N) is 1. The third kappa shape index (κ3) is 2.62. The van der Waals surface area contributed by atoms with Crippen molar-refractivity contribution in [3.63, 3.8) is 0 Å². The summed E-state index contributed by atoms with van der Waals surface area (Å²) in [4.78, 5) is 54.4. The molecule has 4 aliphatic rings. The maximum atomic E-state index is 13.2. The fourth-order valence-electron chi connectivity index (χ4n) is 6.61. The predicted molar refractivity (Wildman–Crippen MR) is 116 cm³/mol. The predicted octanol–water partition coefficient (Wildman–Crippen LogP) is 2.09. The molecule has 2 bridgehead atoms. The zero-order valence-electron chi connectivity index (χ0n) is 16.8. The van der Waals surface area contributed by atoms with Gasteiger partial charge in [-0.3, -0.25) is 24.1 Å². The lowest BCUT2D eigenvalue weighted by atomic mass is 9.68. The summed E-state index contributed by atoms with van der Waals surface area (Å²) in [7, 11) is 0. The lowest BCUT2D eigenvalue weighted by Crippen LogP contribution is -2.42. The van der Waals surface area contributed by atoms with Crippen LogP contribution in [0.15, 0.2) is 34.1 Å². The van der Waals surface area contributed by atoms with E-state index < -0.39 is 17.8 Å². The van der Waals surface area contributed by atoms with Crippen molar-refractivity contribution in [2.45, 2.75) is 29.0 Å². The second-order valence-corrected chi connectivity index (χ2v) is 11.2. The van der Waals surface area contributed by atoms with Crippen LogP contribution in [-0.2, 0) is 14.4 Å². The second kappa shape index (κ2) is 6.95. The molecule has 0 radical (unpaired) electrons. The van der Waals surface area contributed by atoms with Gasteiger partial charge in [0.1, 0.15) is 5.75 Å². The van der Waals surface area contributed by atoms with E-state index in [1.54, 1.807) is 23.9 Å². The number of imide groups is 1. The Morgan fingerprint density at radius 2 is 1.84 bits per heavy atom. The first kappa shape index (κ1) is 20.0. The molecule has 2 saturated carbocycles. The number of benzene rings is 1. The Balaban J connectivity index is 1.43. The van der Waals surface area contributed by atoms with Crippen LogP contribution in [0.4, 0.5) is 0 Å². The fraction of sp³-hybridized carbons (Fsp3) is 0.455. The molecule has 2 aliphatic carbocycles. The van der Waals surface area contributed by atoms with Crippen molar-refractivity contribution in [3.8, 4) is 5.75 Å². The summed E-state index contributed by atoms with van der Waals surface area (Å²) in [6, 6.07) is 7.11. The fourth-order valence-corrected chi connectivity index (χ4v) is 9.48. The lowest BCUT2D eigenvalue weighted by Gasteiger charge is -2.43. The monoisotopic (exact) mass is 472 g/mol. The summed E-state index contributed by atoms with van der Waals surface area (Å²) in [6.07, 6.45) is 0.498. The number of carboxylic acids is 1. The molecule has 10 heteroatoms. The summed E-state index contributed by atoms with van der Waals surface area (Å²) < 4.78 is 0. The van der Waals surface area contributed by atoms with E-state index in [1.807, 2.05) is 12.1 Å². The van der Waals surface area contributed by atoms with Crippen LogP contribution in [0.3, 0.4) is 0 Å². The Labute approximate surface area is 190 Å². The molecule has 1 aromatic carbocycles. The molecule has 2 aromatic rings. The molecule has 3 N–H and O–H groups in total. The van der Waals surface area contributed by atoms with E-state index in [2.05, 4.69) is 4.98 Å². The van der Waals surface area contributed by atoms with E-state index in [0.717, 1.165) is 38.1 Å². The average Bonchev–Trinajstić information content (AvgIpc) is 3.46. The third-order valence-corrected chi connectivity index (χ3v) is 10.2. The summed E-state index contributed by atoms with van der Waals surface area (Å²) in [5.74, 6) is -2.56. The van der Waals surface area contributed by atoms with Crippen molar-refractivity contribution in [3.05, 3.63) is 44.4 Å². The minimum atomic E-state index is -1.04. The minimum absolute atomic E-state index is 0.00896. The highest BCUT2D eigenvalue weighted by Crippen LogP contribution is 2.68. The number of aromatic hydroxyl groups is 1. The van der Waals surface area contributed by atoms with E-state index in [9.17, 15) is 24.3 Å². The van der Waals surface area contributed by atoms with Gasteiger partial charge < -0.3 is 15.2 Å². The standard InChI is InChI=1S/C22H20N2O6S2/c25-11-4-2-1-3-8(11)13-14-9-7-10(17(14)31-19-18(13)32-22(30)23-19)16-15(9)20(28)24(21(16)29)6-5-12(26)27/h1-4,9-10,13-17,25H,5-7H2,(H,23,30)(H,26,27)/t9-,10-,13-,14-,15+,16-,17-/m1/s1. The number of H-pyrrole nitrogens is 1. The van der Waals surface area contributed by atoms with Gasteiger partial charge in [-0.15, -0.1) is 11.8 Å². The normalized spacial score (nSPS) is 34.5. The Bertz CT molecular complexity index is 1220. The second-order valence-electron chi connectivity index (χ2n) is 8.99. The van der Waals surface area contributed by atoms with E-state index in [0.29, 0.717) is 0 Å². The average molecular weight is 473 g/mol. The number of rotatable bonds is 4. The third-order valence-electron chi connectivity index (χ3n) is 7.64. The number of amides is 2. The Morgan fingerprint density at radius 1 is 1.12 bits per heavy atom. The van der Waals surface area contributed by atoms with Crippen LogP contribution in [-0.4, -0.2) is 49.7 Å². The number of hydrogen-bond donors (Lipinski definition) is 3. The number of hydrogen-bond acceptors (Lipinski definition) is 7. The van der Waals surface area contributed by atoms with Crippen molar-refractivity contribution in [1.29, 1.82) is 0 Å². The summed E-state index contributed by atoms with van der Waals surface area (Å²) >= 11 is 2.73. The Hall–Kier alpha value is -2.59. The molecule has 3 heterocycles. The molecule has 3 fully saturated rings. The number of aromatic amines is 1. The van der Waals surface area contributed by atoms with Gasteiger partial charge in [0.2, 0.25) is 11.8 Å². The molecular formula is C22H20N2O6S2. The van der Waals surface area contributed by atoms with Crippen LogP contribution < -0.4 is 4.87 Å². The van der Waals surface area contributed by atoms with Crippen molar-refractivity contribution in [1.82, 2.24) is 9.88 Å². The smallest absolute Gasteiger partial charge is 0.305 e. The number of thioether (sulfide) groups is 1. The van der Waals surface area contributed by atoms with E-state index >= 15 is 0 Å². The van der Waals surface area contributed by atoms with Crippen molar-refractivity contribution < 1.29 is 24.6 Å². The molecule has 2 aliphatic heterocycles. The maximum Gasteiger partial charge on any atom is 0.305 e. The number of aromatic nitrogens is 1. The Kier molecular flexibility index (Phi) is 4.36. The van der Waals surface area contributed by atoms with Gasteiger partial charge in [0.15, 0.2) is 0 Å². The van der Waals surface area contributed by atoms with Crippen LogP contribution in [0.5, 0.6) is 5.75 Å². The number of phenols is 1. The van der Waals surface area contributed by atoms with Gasteiger partial charge in [-0.2, -0.15) is 0 Å². The quantitative estimate of drug-likeness (QED) is 0.582. The summed E-state index contributed by atoms with van der Waals surface area (Å²) in [6.45, 7) is -0.0918. The van der Waals surface area contributed by atoms with Crippen LogP contribution >= 0.6 is 23.1 Å². The molecule has 7 atom stereocenters. The number of para-hydroxylation sites is 1. The number of fused-ring (bicyclic) bond motifs is 9. The molecule has 2 amide bonds. The molecular weight excluding hydrogens is 452 g/mol. The molecule has 1 saturated heterocycles. The molecule has 32 heavy (non-hydrogen) atoms. The van der Waals surface area contributed by atoms with Gasteiger partial charge in [0.05, 0.1) is 23.3 Å². The molecule has 8 nitrogen and oxygen atoms in total. The zero-order chi connectivity index (χ0) is 22.3. The van der Waals surface area contributed by atoms with Crippen LogP contribution in [0, 0.1) is 29.6 Å².